The molecule has 0 fully saturated rings. The minimum Gasteiger partial charge on any atom is -0.323 e. The van der Waals surface area contributed by atoms with E-state index in [9.17, 15) is 8.78 Å². The summed E-state index contributed by atoms with van der Waals surface area (Å²) < 4.78 is 29.0. The van der Waals surface area contributed by atoms with Crippen molar-refractivity contribution in [3.63, 3.8) is 0 Å². The minimum absolute atomic E-state index is 0.118. The van der Waals surface area contributed by atoms with Crippen molar-refractivity contribution >= 4 is 11.0 Å². The largest absolute Gasteiger partial charge is 0.323 e. The monoisotopic (exact) mass is 311 g/mol. The molecule has 0 amide bonds. The smallest absolute Gasteiger partial charge is 0.161 e. The van der Waals surface area contributed by atoms with Crippen LogP contribution in [0, 0.1) is 23.0 Å². The highest BCUT2D eigenvalue weighted by atomic mass is 19.2. The van der Waals surface area contributed by atoms with E-state index >= 15 is 0 Å². The van der Waals surface area contributed by atoms with E-state index in [0.29, 0.717) is 23.1 Å². The maximum Gasteiger partial charge on any atom is 0.161 e. The maximum atomic E-state index is 13.6. The lowest BCUT2D eigenvalue weighted by atomic mass is 10.1. The van der Waals surface area contributed by atoms with Crippen molar-refractivity contribution in [1.29, 1.82) is 5.26 Å². The zero-order chi connectivity index (χ0) is 16.6. The Morgan fingerprint density at radius 2 is 1.78 bits per heavy atom. The van der Waals surface area contributed by atoms with Gasteiger partial charge in [0.15, 0.2) is 11.6 Å². The van der Waals surface area contributed by atoms with Gasteiger partial charge in [0.05, 0.1) is 22.7 Å². The normalized spacial score (nSPS) is 11.1. The predicted molar refractivity (Wildman–Crippen MR) is 84.0 cm³/mol. The third kappa shape index (κ3) is 2.80. The zero-order valence-electron chi connectivity index (χ0n) is 12.8. The molecule has 0 radical (unpaired) electrons. The van der Waals surface area contributed by atoms with Gasteiger partial charge in [-0.25, -0.2) is 13.8 Å². The number of rotatable bonds is 3. The Morgan fingerprint density at radius 1 is 1.13 bits per heavy atom. The molecular weight excluding hydrogens is 296 g/mol. The summed E-state index contributed by atoms with van der Waals surface area (Å²) in [6.45, 7) is 4.47. The van der Waals surface area contributed by atoms with Crippen LogP contribution in [0.25, 0.3) is 11.0 Å². The number of fused-ring (bicyclic) bond motifs is 1. The minimum atomic E-state index is -0.893. The summed E-state index contributed by atoms with van der Waals surface area (Å²) in [4.78, 5) is 4.45. The van der Waals surface area contributed by atoms with E-state index in [4.69, 9.17) is 5.26 Å². The summed E-state index contributed by atoms with van der Waals surface area (Å²) in [6.07, 6.45) is 0. The van der Waals surface area contributed by atoms with E-state index in [2.05, 4.69) is 11.1 Å². The molecule has 2 aromatic carbocycles. The third-order valence-electron chi connectivity index (χ3n) is 3.76. The molecule has 1 aromatic heterocycles. The van der Waals surface area contributed by atoms with Gasteiger partial charge in [-0.15, -0.1) is 0 Å². The molecular formula is C18H15F2N3. The van der Waals surface area contributed by atoms with Crippen LogP contribution in [0.5, 0.6) is 0 Å². The van der Waals surface area contributed by atoms with Gasteiger partial charge in [-0.3, -0.25) is 0 Å². The van der Waals surface area contributed by atoms with Gasteiger partial charge in [0.2, 0.25) is 0 Å². The summed E-state index contributed by atoms with van der Waals surface area (Å²) in [5, 5.41) is 8.86. The zero-order valence-corrected chi connectivity index (χ0v) is 12.8. The number of hydrogen-bond acceptors (Lipinski definition) is 2. The quantitative estimate of drug-likeness (QED) is 0.721. The highest BCUT2D eigenvalue weighted by molar-refractivity contribution is 5.76. The van der Waals surface area contributed by atoms with Crippen LogP contribution in [0.2, 0.25) is 0 Å². The molecule has 0 aliphatic rings. The van der Waals surface area contributed by atoms with Gasteiger partial charge in [-0.05, 0) is 17.7 Å². The molecule has 23 heavy (non-hydrogen) atoms. The highest BCUT2D eigenvalue weighted by Crippen LogP contribution is 2.25. The van der Waals surface area contributed by atoms with Crippen LogP contribution in [-0.4, -0.2) is 9.55 Å². The van der Waals surface area contributed by atoms with Gasteiger partial charge in [0, 0.05) is 24.6 Å². The van der Waals surface area contributed by atoms with Crippen molar-refractivity contribution < 1.29 is 8.78 Å². The summed E-state index contributed by atoms with van der Waals surface area (Å²) in [5.74, 6) is -0.883. The molecule has 0 aliphatic carbocycles. The van der Waals surface area contributed by atoms with Crippen LogP contribution in [0.3, 0.4) is 0 Å². The predicted octanol–water partition coefficient (Wildman–Crippen LogP) is 4.36. The molecule has 0 atom stereocenters. The first-order valence-electron chi connectivity index (χ1n) is 7.34. The molecule has 116 valence electrons. The van der Waals surface area contributed by atoms with E-state index in [-0.39, 0.29) is 5.92 Å². The van der Waals surface area contributed by atoms with E-state index in [1.54, 1.807) is 12.1 Å². The lowest BCUT2D eigenvalue weighted by molar-refractivity contribution is 0.510. The summed E-state index contributed by atoms with van der Waals surface area (Å²) in [5.41, 5.74) is 2.56. The number of imidazole rings is 1. The van der Waals surface area contributed by atoms with Crippen LogP contribution >= 0.6 is 0 Å². The summed E-state index contributed by atoms with van der Waals surface area (Å²) in [7, 11) is 0. The molecule has 0 saturated carbocycles. The Labute approximate surface area is 132 Å². The van der Waals surface area contributed by atoms with Crippen LogP contribution < -0.4 is 0 Å². The van der Waals surface area contributed by atoms with Crippen molar-refractivity contribution in [2.45, 2.75) is 26.3 Å². The molecule has 5 heteroatoms. The fraction of sp³-hybridized carbons (Fsp3) is 0.222. The molecule has 0 unspecified atom stereocenters. The SMILES string of the molecule is CC(C)c1nc2cc(F)c(F)cc2n1Cc1ccc(C#N)cc1. The second-order valence-corrected chi connectivity index (χ2v) is 5.77. The van der Waals surface area contributed by atoms with Gasteiger partial charge in [-0.1, -0.05) is 26.0 Å². The van der Waals surface area contributed by atoms with Crippen molar-refractivity contribution in [3.05, 3.63) is 65.0 Å². The van der Waals surface area contributed by atoms with Crippen molar-refractivity contribution in [2.75, 3.05) is 0 Å². The lowest BCUT2D eigenvalue weighted by Gasteiger charge is -2.12. The fourth-order valence-corrected chi connectivity index (χ4v) is 2.61. The first-order valence-corrected chi connectivity index (χ1v) is 7.34. The Bertz CT molecular complexity index is 903. The van der Waals surface area contributed by atoms with Crippen LogP contribution in [0.1, 0.15) is 36.7 Å². The van der Waals surface area contributed by atoms with Gasteiger partial charge in [-0.2, -0.15) is 5.26 Å². The third-order valence-corrected chi connectivity index (χ3v) is 3.76. The maximum absolute atomic E-state index is 13.6. The van der Waals surface area contributed by atoms with Crippen molar-refractivity contribution in [3.8, 4) is 6.07 Å². The molecule has 3 nitrogen and oxygen atoms in total. The number of hydrogen-bond donors (Lipinski definition) is 0. The Morgan fingerprint density at radius 3 is 2.39 bits per heavy atom. The van der Waals surface area contributed by atoms with Gasteiger partial charge in [0.25, 0.3) is 0 Å². The van der Waals surface area contributed by atoms with Gasteiger partial charge < -0.3 is 4.57 Å². The Balaban J connectivity index is 2.12. The van der Waals surface area contributed by atoms with Gasteiger partial charge in [0.1, 0.15) is 5.82 Å². The Hall–Kier alpha value is -2.74. The average Bonchev–Trinajstić information content (AvgIpc) is 2.87. The Kier molecular flexibility index (Phi) is 3.83. The lowest BCUT2D eigenvalue weighted by Crippen LogP contribution is -2.07. The first-order chi connectivity index (χ1) is 11.0. The standard InChI is InChI=1S/C18H15F2N3/c1-11(2)18-22-16-7-14(19)15(20)8-17(16)23(18)10-13-5-3-12(9-21)4-6-13/h3-8,11H,10H2,1-2H3. The second-order valence-electron chi connectivity index (χ2n) is 5.77. The summed E-state index contributed by atoms with van der Waals surface area (Å²) >= 11 is 0. The van der Waals surface area contributed by atoms with E-state index in [0.717, 1.165) is 17.5 Å². The number of aromatic nitrogens is 2. The molecule has 3 aromatic rings. The molecule has 1 heterocycles. The highest BCUT2D eigenvalue weighted by Gasteiger charge is 2.16. The topological polar surface area (TPSA) is 41.6 Å². The van der Waals surface area contributed by atoms with Gasteiger partial charge >= 0.3 is 0 Å². The van der Waals surface area contributed by atoms with Crippen molar-refractivity contribution in [1.82, 2.24) is 9.55 Å². The molecule has 0 aliphatic heterocycles. The summed E-state index contributed by atoms with van der Waals surface area (Å²) in [6, 6.07) is 11.6. The fourth-order valence-electron chi connectivity index (χ4n) is 2.61. The molecule has 0 saturated heterocycles. The number of nitrogens with zero attached hydrogens (tertiary/aromatic N) is 3. The van der Waals surface area contributed by atoms with E-state index in [1.807, 2.05) is 30.5 Å². The number of benzene rings is 2. The van der Waals surface area contributed by atoms with Crippen molar-refractivity contribution in [2.24, 2.45) is 0 Å². The van der Waals surface area contributed by atoms with E-state index < -0.39 is 11.6 Å². The molecule has 0 bridgehead atoms. The van der Waals surface area contributed by atoms with Crippen LogP contribution in [-0.2, 0) is 6.54 Å². The molecule has 3 rings (SSSR count). The number of nitriles is 1. The molecule has 0 N–H and O–H groups in total. The second kappa shape index (κ2) is 5.81. The number of halogens is 2. The van der Waals surface area contributed by atoms with Crippen LogP contribution in [0.15, 0.2) is 36.4 Å². The average molecular weight is 311 g/mol. The van der Waals surface area contributed by atoms with Crippen LogP contribution in [0.4, 0.5) is 8.78 Å². The molecule has 0 spiro atoms. The first kappa shape index (κ1) is 15.2. The van der Waals surface area contributed by atoms with E-state index in [1.165, 1.54) is 6.07 Å².